The van der Waals surface area contributed by atoms with Gasteiger partial charge in [0.15, 0.2) is 0 Å². The molecule has 3 aromatic carbocycles. The average molecular weight is 587 g/mol. The molecule has 2 N–H and O–H groups in total. The maximum absolute atomic E-state index is 13.7. The van der Waals surface area contributed by atoms with Crippen LogP contribution in [0.5, 0.6) is 0 Å². The molecule has 0 aliphatic heterocycles. The number of benzene rings is 3. The van der Waals surface area contributed by atoms with E-state index < -0.39 is 23.1 Å². The molecule has 2 aromatic heterocycles. The van der Waals surface area contributed by atoms with Gasteiger partial charge < -0.3 is 15.1 Å². The number of nitrogens with one attached hydrogen (secondary N) is 2. The van der Waals surface area contributed by atoms with Crippen molar-refractivity contribution in [3.8, 4) is 5.69 Å². The molecule has 10 heteroatoms. The van der Waals surface area contributed by atoms with E-state index in [1.165, 1.54) is 29.0 Å². The highest BCUT2D eigenvalue weighted by Crippen LogP contribution is 2.16. The van der Waals surface area contributed by atoms with E-state index in [0.29, 0.717) is 17.1 Å². The first-order valence-corrected chi connectivity index (χ1v) is 12.8. The van der Waals surface area contributed by atoms with Gasteiger partial charge in [0.2, 0.25) is 5.91 Å². The minimum Gasteiger partial charge on any atom is -0.467 e. The Bertz CT molecular complexity index is 1790. The molecule has 2 heterocycles. The van der Waals surface area contributed by atoms with Gasteiger partial charge in [0.05, 0.1) is 29.4 Å². The topological polar surface area (TPSA) is 115 Å². The summed E-state index contributed by atoms with van der Waals surface area (Å²) in [5, 5.41) is 5.71. The molecule has 0 aliphatic rings. The first-order valence-electron chi connectivity index (χ1n) is 12.0. The largest absolute Gasteiger partial charge is 0.467 e. The Morgan fingerprint density at radius 2 is 1.69 bits per heavy atom. The molecule has 196 valence electrons. The molecular formula is C29H23BrN4O5. The molecule has 5 rings (SSSR count). The van der Waals surface area contributed by atoms with Crippen LogP contribution in [0.15, 0.2) is 104 Å². The molecule has 39 heavy (non-hydrogen) atoms. The second kappa shape index (κ2) is 11.0. The van der Waals surface area contributed by atoms with Crippen LogP contribution in [-0.2, 0) is 17.9 Å². The third-order valence-electron chi connectivity index (χ3n) is 6.13. The molecule has 0 atom stereocenters. The van der Waals surface area contributed by atoms with Gasteiger partial charge in [-0.2, -0.15) is 0 Å². The van der Waals surface area contributed by atoms with Gasteiger partial charge in [0.1, 0.15) is 12.3 Å². The van der Waals surface area contributed by atoms with Gasteiger partial charge in [-0.1, -0.05) is 33.6 Å². The molecule has 0 saturated heterocycles. The van der Waals surface area contributed by atoms with Crippen molar-refractivity contribution in [1.29, 1.82) is 0 Å². The van der Waals surface area contributed by atoms with Crippen molar-refractivity contribution in [2.45, 2.75) is 20.0 Å². The lowest BCUT2D eigenvalue weighted by molar-refractivity contribution is -0.116. The maximum Gasteiger partial charge on any atom is 0.336 e. The van der Waals surface area contributed by atoms with Crippen molar-refractivity contribution in [2.24, 2.45) is 0 Å². The van der Waals surface area contributed by atoms with Gasteiger partial charge >= 0.3 is 5.69 Å². The van der Waals surface area contributed by atoms with Crippen LogP contribution in [0.1, 0.15) is 21.7 Å². The first-order chi connectivity index (χ1) is 18.8. The second-order valence-corrected chi connectivity index (χ2v) is 9.81. The zero-order valence-corrected chi connectivity index (χ0v) is 22.4. The highest BCUT2D eigenvalue weighted by Gasteiger charge is 2.19. The number of halogens is 1. The predicted octanol–water partition coefficient (Wildman–Crippen LogP) is 4.39. The molecule has 5 aromatic rings. The monoisotopic (exact) mass is 586 g/mol. The summed E-state index contributed by atoms with van der Waals surface area (Å²) < 4.78 is 8.34. The number of fused-ring (bicyclic) bond motifs is 1. The number of aryl methyl sites for hydroxylation is 1. The number of furan rings is 1. The van der Waals surface area contributed by atoms with E-state index in [2.05, 4.69) is 26.6 Å². The second-order valence-electron chi connectivity index (χ2n) is 8.89. The molecule has 9 nitrogen and oxygen atoms in total. The normalized spacial score (nSPS) is 10.9. The summed E-state index contributed by atoms with van der Waals surface area (Å²) in [4.78, 5) is 53.1. The van der Waals surface area contributed by atoms with Crippen molar-refractivity contribution in [1.82, 2.24) is 14.5 Å². The molecule has 0 saturated carbocycles. The van der Waals surface area contributed by atoms with Gasteiger partial charge in [0, 0.05) is 15.7 Å². The summed E-state index contributed by atoms with van der Waals surface area (Å²) in [6, 6.07) is 21.8. The summed E-state index contributed by atoms with van der Waals surface area (Å²) in [6.45, 7) is 1.69. The Hall–Kier alpha value is -4.70. The lowest BCUT2D eigenvalue weighted by Crippen LogP contribution is -2.41. The molecular weight excluding hydrogens is 564 g/mol. The van der Waals surface area contributed by atoms with Crippen molar-refractivity contribution in [2.75, 3.05) is 5.32 Å². The fraction of sp³-hybridized carbons (Fsp3) is 0.103. The van der Waals surface area contributed by atoms with E-state index in [9.17, 15) is 19.2 Å². The minimum atomic E-state index is -0.699. The zero-order chi connectivity index (χ0) is 27.5. The standard InChI is InChI=1S/C29H23BrN4O5/c1-18-4-11-22(12-5-18)34-28(37)24-13-6-19(27(36)31-16-23-3-2-14-39-23)15-25(24)33(29(34)38)17-26(35)32-21-9-7-20(30)8-10-21/h2-15H,16-17H2,1H3,(H,31,36)(H,32,35). The smallest absolute Gasteiger partial charge is 0.336 e. The lowest BCUT2D eigenvalue weighted by Gasteiger charge is -2.15. The number of carbonyl (C=O) groups excluding carboxylic acids is 2. The van der Waals surface area contributed by atoms with Crippen molar-refractivity contribution in [3.63, 3.8) is 0 Å². The third kappa shape index (κ3) is 5.60. The molecule has 0 spiro atoms. The lowest BCUT2D eigenvalue weighted by atomic mass is 10.1. The van der Waals surface area contributed by atoms with E-state index in [1.807, 2.05) is 6.92 Å². The number of carbonyl (C=O) groups is 2. The number of nitrogens with zero attached hydrogens (tertiary/aromatic N) is 2. The van der Waals surface area contributed by atoms with Crippen LogP contribution in [0.2, 0.25) is 0 Å². The van der Waals surface area contributed by atoms with Crippen LogP contribution in [0.25, 0.3) is 16.6 Å². The van der Waals surface area contributed by atoms with Crippen LogP contribution in [0, 0.1) is 6.92 Å². The average Bonchev–Trinajstić information content (AvgIpc) is 3.46. The van der Waals surface area contributed by atoms with Gasteiger partial charge in [-0.15, -0.1) is 0 Å². The zero-order valence-electron chi connectivity index (χ0n) is 20.8. The van der Waals surface area contributed by atoms with E-state index in [-0.39, 0.29) is 29.6 Å². The van der Waals surface area contributed by atoms with Crippen LogP contribution in [0.4, 0.5) is 5.69 Å². The fourth-order valence-electron chi connectivity index (χ4n) is 4.14. The number of aromatic nitrogens is 2. The van der Waals surface area contributed by atoms with Gasteiger partial charge in [0.25, 0.3) is 11.5 Å². The molecule has 0 bridgehead atoms. The van der Waals surface area contributed by atoms with Gasteiger partial charge in [-0.25, -0.2) is 9.36 Å². The van der Waals surface area contributed by atoms with Crippen LogP contribution < -0.4 is 21.9 Å². The summed E-state index contributed by atoms with van der Waals surface area (Å²) >= 11 is 3.36. The van der Waals surface area contributed by atoms with Crippen molar-refractivity contribution < 1.29 is 14.0 Å². The molecule has 0 fully saturated rings. The number of anilines is 1. The van der Waals surface area contributed by atoms with E-state index in [4.69, 9.17) is 4.42 Å². The van der Waals surface area contributed by atoms with Crippen molar-refractivity contribution in [3.05, 3.63) is 127 Å². The summed E-state index contributed by atoms with van der Waals surface area (Å²) in [6.07, 6.45) is 1.51. The molecule has 0 radical (unpaired) electrons. The van der Waals surface area contributed by atoms with Gasteiger partial charge in [-0.05, 0) is 73.7 Å². The number of hydrogen-bond acceptors (Lipinski definition) is 5. The van der Waals surface area contributed by atoms with E-state index >= 15 is 0 Å². The highest BCUT2D eigenvalue weighted by atomic mass is 79.9. The summed E-state index contributed by atoms with van der Waals surface area (Å²) in [5.41, 5.74) is 1.03. The van der Waals surface area contributed by atoms with Crippen molar-refractivity contribution >= 4 is 44.3 Å². The first kappa shape index (κ1) is 25.9. The Kier molecular flexibility index (Phi) is 7.29. The Morgan fingerprint density at radius 3 is 2.38 bits per heavy atom. The summed E-state index contributed by atoms with van der Waals surface area (Å²) in [7, 11) is 0. The fourth-order valence-corrected chi connectivity index (χ4v) is 4.41. The Balaban J connectivity index is 1.58. The number of hydrogen-bond donors (Lipinski definition) is 2. The van der Waals surface area contributed by atoms with Crippen LogP contribution >= 0.6 is 15.9 Å². The number of amides is 2. The Morgan fingerprint density at radius 1 is 0.949 bits per heavy atom. The Labute approximate surface area is 230 Å². The molecule has 2 amide bonds. The van der Waals surface area contributed by atoms with Crippen LogP contribution in [-0.4, -0.2) is 20.9 Å². The maximum atomic E-state index is 13.7. The van der Waals surface area contributed by atoms with E-state index in [0.717, 1.165) is 14.6 Å². The molecule has 0 unspecified atom stereocenters. The van der Waals surface area contributed by atoms with E-state index in [1.54, 1.807) is 60.7 Å². The third-order valence-corrected chi connectivity index (χ3v) is 6.66. The quantitative estimate of drug-likeness (QED) is 0.293. The highest BCUT2D eigenvalue weighted by molar-refractivity contribution is 9.10. The minimum absolute atomic E-state index is 0.168. The van der Waals surface area contributed by atoms with Crippen LogP contribution in [0.3, 0.4) is 0 Å². The SMILES string of the molecule is Cc1ccc(-n2c(=O)c3ccc(C(=O)NCc4ccco4)cc3n(CC(=O)Nc3ccc(Br)cc3)c2=O)cc1. The molecule has 0 aliphatic carbocycles. The van der Waals surface area contributed by atoms with Gasteiger partial charge in [-0.3, -0.25) is 19.0 Å². The number of rotatable bonds is 7. The summed E-state index contributed by atoms with van der Waals surface area (Å²) in [5.74, 6) is -0.316. The predicted molar refractivity (Wildman–Crippen MR) is 151 cm³/mol.